The Morgan fingerprint density at radius 3 is 2.06 bits per heavy atom. The van der Waals surface area contributed by atoms with Crippen LogP contribution in [-0.4, -0.2) is 111 Å². The monoisotopic (exact) mass is 972 g/mol. The number of nitrogens with one attached hydrogen (secondary N) is 4. The van der Waals surface area contributed by atoms with Gasteiger partial charge in [-0.1, -0.05) is 108 Å². The summed E-state index contributed by atoms with van der Waals surface area (Å²) in [5.74, 6) is 1.12. The first kappa shape index (κ1) is 74.1. The Labute approximate surface area is 416 Å². The van der Waals surface area contributed by atoms with E-state index in [9.17, 15) is 4.79 Å². The van der Waals surface area contributed by atoms with Gasteiger partial charge in [0.1, 0.15) is 13.1 Å². The third kappa shape index (κ3) is 46.4. The number of nitrogens with two attached hydrogens (primary N) is 2. The van der Waals surface area contributed by atoms with Gasteiger partial charge in [-0.15, -0.1) is 35.9 Å². The molecule has 0 spiro atoms. The number of thiazole rings is 1. The lowest BCUT2D eigenvalue weighted by molar-refractivity contribution is -0.104. The zero-order valence-corrected chi connectivity index (χ0v) is 45.0. The summed E-state index contributed by atoms with van der Waals surface area (Å²) in [6.07, 6.45) is 34.1. The second-order valence-corrected chi connectivity index (χ2v) is 16.0. The van der Waals surface area contributed by atoms with E-state index in [1.54, 1.807) is 42.4 Å². The van der Waals surface area contributed by atoms with Crippen molar-refractivity contribution in [1.82, 2.24) is 31.5 Å². The fraction of sp³-hybridized carbons (Fsp3) is 0.500. The van der Waals surface area contributed by atoms with Gasteiger partial charge >= 0.3 is 0 Å². The number of likely N-dealkylation sites (tertiary alicyclic amines) is 1. The molecule has 13 nitrogen and oxygen atoms in total. The Balaban J connectivity index is -0.000000191. The highest BCUT2D eigenvalue weighted by Crippen LogP contribution is 2.28. The van der Waals surface area contributed by atoms with Crippen molar-refractivity contribution in [2.45, 2.75) is 93.4 Å². The van der Waals surface area contributed by atoms with Crippen molar-refractivity contribution < 1.29 is 20.0 Å². The van der Waals surface area contributed by atoms with Crippen LogP contribution in [0.15, 0.2) is 114 Å². The standard InChI is InChI=1S/C21H35N3OS.C11H15N.C10H16N2S.C3H7NO.C2H6.C2H2.CH5NO.CH5N.CH2O/c1-4-19(2)20(11-9-17-25)10-5-6-12-23-21(26-3)18-22-13-16-24-14-7-8-15-24;1-5-9(3)7-8-11(6-2)10(4)12;1-7-8(2)13-10(12-7)9-4-3-5-11-6-9;1-3(2)4-5;2*1-2;1-2-3;2*1-2/h5-6,9-11,17,19,22H,4,7-8,12-16,18H2,1-3H3;5-8H,1-2,4,12H2,3H3;9,11H,3-6H2,1-2H3;4-5H,1H2,2H3;1-2H3;1-2H;2-3H,1H3;2H2,1H3;1H2/b6-5+,11-9+,20-10-,23-21?;9-7+,11-8+;;;;;;;. The molecule has 2 atom stereocenters. The van der Waals surface area contributed by atoms with E-state index in [0.29, 0.717) is 29.8 Å². The molecular weight excluding hydrogens is 879 g/mol. The van der Waals surface area contributed by atoms with Crippen LogP contribution >= 0.6 is 23.1 Å². The fourth-order valence-electron chi connectivity index (χ4n) is 5.13. The van der Waals surface area contributed by atoms with Crippen LogP contribution in [0.25, 0.3) is 0 Å². The summed E-state index contributed by atoms with van der Waals surface area (Å²) in [6, 6.07) is 0. The number of carbonyl (C=O) groups is 2. The van der Waals surface area contributed by atoms with E-state index in [2.05, 4.69) is 117 Å². The predicted molar refractivity (Wildman–Crippen MR) is 297 cm³/mol. The van der Waals surface area contributed by atoms with Crippen molar-refractivity contribution in [3.05, 3.63) is 125 Å². The number of aldehydes is 1. The molecule has 0 amide bonds. The average Bonchev–Trinajstić information content (AvgIpc) is 4.02. The molecule has 0 bridgehead atoms. The zero-order chi connectivity index (χ0) is 52.8. The minimum Gasteiger partial charge on any atom is -0.399 e. The SMILES string of the molecule is C#C.C=C(C)NO.C=C/C(C)=C/C=C(\C=C)C(=C)N.C=O.CC.CCC(C)C(/C=C/C=O)=C\C=C\CN=C(CNCCN1CCCC1)SC.CN.CNO.Cc1nc(C2CCCNC2)sc1C. The zero-order valence-electron chi connectivity index (χ0n) is 43.3. The number of nitrogens with zero attached hydrogens (tertiary/aromatic N) is 3. The van der Waals surface area contributed by atoms with E-state index in [-0.39, 0.29) is 0 Å². The number of rotatable bonds is 18. The molecule has 0 radical (unpaired) electrons. The van der Waals surface area contributed by atoms with Gasteiger partial charge in [-0.2, -0.15) is 0 Å². The van der Waals surface area contributed by atoms with Crippen LogP contribution in [0, 0.1) is 32.6 Å². The number of piperidine rings is 1. The molecule has 0 aromatic carbocycles. The normalized spacial score (nSPS) is 14.9. The third-order valence-electron chi connectivity index (χ3n) is 8.98. The van der Waals surface area contributed by atoms with Gasteiger partial charge in [0.25, 0.3) is 0 Å². The lowest BCUT2D eigenvalue weighted by Gasteiger charge is -2.20. The molecule has 2 aliphatic rings. The molecule has 1 aromatic rings. The molecule has 2 saturated heterocycles. The molecule has 1 aromatic heterocycles. The van der Waals surface area contributed by atoms with E-state index in [0.717, 1.165) is 55.1 Å². The van der Waals surface area contributed by atoms with E-state index in [4.69, 9.17) is 20.9 Å². The molecule has 67 heavy (non-hydrogen) atoms. The lowest BCUT2D eigenvalue weighted by atomic mass is 9.97. The minimum absolute atomic E-state index is 0.445. The summed E-state index contributed by atoms with van der Waals surface area (Å²) in [4.78, 5) is 31.7. The molecule has 2 fully saturated rings. The number of aliphatic imine (C=N–C) groups is 1. The van der Waals surface area contributed by atoms with Gasteiger partial charge in [0, 0.05) is 55.4 Å². The molecular formula is C52H93N9O4S2. The van der Waals surface area contributed by atoms with Gasteiger partial charge < -0.3 is 37.0 Å². The Morgan fingerprint density at radius 2 is 1.64 bits per heavy atom. The molecule has 10 N–H and O–H groups in total. The van der Waals surface area contributed by atoms with Gasteiger partial charge in [-0.3, -0.25) is 20.5 Å². The predicted octanol–water partition coefficient (Wildman–Crippen LogP) is 9.41. The number of aromatic nitrogens is 1. The lowest BCUT2D eigenvalue weighted by Crippen LogP contribution is -2.32. The second kappa shape index (κ2) is 57.7. The number of hydrogen-bond donors (Lipinski definition) is 8. The topological polar surface area (TPSA) is 203 Å². The summed E-state index contributed by atoms with van der Waals surface area (Å²) in [6.45, 7) is 40.9. The van der Waals surface area contributed by atoms with E-state index >= 15 is 0 Å². The number of carbonyl (C=O) groups excluding carboxylic acids is 2. The van der Waals surface area contributed by atoms with Crippen molar-refractivity contribution in [3.63, 3.8) is 0 Å². The number of terminal acetylenes is 1. The maximum Gasteiger partial charge on any atom is 0.142 e. The van der Waals surface area contributed by atoms with Crippen LogP contribution in [0.4, 0.5) is 0 Å². The second-order valence-electron chi connectivity index (χ2n) is 13.9. The smallest absolute Gasteiger partial charge is 0.142 e. The Morgan fingerprint density at radius 1 is 1.06 bits per heavy atom. The molecule has 3 heterocycles. The molecule has 3 rings (SSSR count). The number of thioether (sulfide) groups is 1. The van der Waals surface area contributed by atoms with Crippen molar-refractivity contribution in [2.75, 3.05) is 72.7 Å². The number of aryl methyl sites for hydroxylation is 2. The van der Waals surface area contributed by atoms with Gasteiger partial charge in [-0.25, -0.2) is 10.5 Å². The maximum absolute atomic E-state index is 10.5. The van der Waals surface area contributed by atoms with E-state index < -0.39 is 0 Å². The highest BCUT2D eigenvalue weighted by Gasteiger charge is 2.18. The molecule has 0 aliphatic carbocycles. The molecule has 382 valence electrons. The molecule has 0 saturated carbocycles. The van der Waals surface area contributed by atoms with E-state index in [1.165, 1.54) is 80.6 Å². The fourth-order valence-corrected chi connectivity index (χ4v) is 6.63. The highest BCUT2D eigenvalue weighted by atomic mass is 32.2. The maximum atomic E-state index is 10.5. The summed E-state index contributed by atoms with van der Waals surface area (Å²) >= 11 is 3.58. The average molecular weight is 973 g/mol. The van der Waals surface area contributed by atoms with Crippen molar-refractivity contribution in [3.8, 4) is 12.8 Å². The Kier molecular flexibility index (Phi) is 63.8. The molecule has 2 aliphatic heterocycles. The first-order valence-electron chi connectivity index (χ1n) is 22.6. The van der Waals surface area contributed by atoms with Crippen LogP contribution in [0.3, 0.4) is 0 Å². The number of hydroxylamine groups is 2. The third-order valence-corrected chi connectivity index (χ3v) is 11.0. The van der Waals surface area contributed by atoms with Gasteiger partial charge in [0.15, 0.2) is 0 Å². The van der Waals surface area contributed by atoms with Gasteiger partial charge in [0.05, 0.1) is 22.3 Å². The Hall–Kier alpha value is -4.47. The first-order chi connectivity index (χ1) is 32.3. The molecule has 15 heteroatoms. The summed E-state index contributed by atoms with van der Waals surface area (Å²) in [5, 5.41) is 24.5. The van der Waals surface area contributed by atoms with Crippen molar-refractivity contribution in [2.24, 2.45) is 22.4 Å². The van der Waals surface area contributed by atoms with Crippen molar-refractivity contribution in [1.29, 1.82) is 0 Å². The van der Waals surface area contributed by atoms with Crippen LogP contribution in [0.5, 0.6) is 0 Å². The number of allylic oxidation sites excluding steroid dienone is 11. The largest absolute Gasteiger partial charge is 0.399 e. The van der Waals surface area contributed by atoms with Crippen LogP contribution in [-0.2, 0) is 9.59 Å². The minimum atomic E-state index is 0.445. The number of hydrogen-bond acceptors (Lipinski definition) is 15. The summed E-state index contributed by atoms with van der Waals surface area (Å²) in [7, 11) is 2.93. The summed E-state index contributed by atoms with van der Waals surface area (Å²) < 4.78 is 0. The van der Waals surface area contributed by atoms with Gasteiger partial charge in [0.2, 0.25) is 0 Å². The van der Waals surface area contributed by atoms with Crippen LogP contribution in [0.1, 0.15) is 95.1 Å². The van der Waals surface area contributed by atoms with Crippen LogP contribution < -0.4 is 33.1 Å². The van der Waals surface area contributed by atoms with Crippen LogP contribution in [0.2, 0.25) is 0 Å². The molecule has 2 unspecified atom stereocenters. The van der Waals surface area contributed by atoms with E-state index in [1.807, 2.05) is 68.7 Å². The van der Waals surface area contributed by atoms with Gasteiger partial charge in [-0.05, 0) is 116 Å². The Bertz CT molecular complexity index is 1570. The first-order valence-corrected chi connectivity index (χ1v) is 24.6. The highest BCUT2D eigenvalue weighted by molar-refractivity contribution is 8.13. The quantitative estimate of drug-likeness (QED) is 0.0101. The van der Waals surface area contributed by atoms with Crippen molar-refractivity contribution >= 4 is 41.2 Å². The summed E-state index contributed by atoms with van der Waals surface area (Å²) in [5.41, 5.74) is 19.0.